The molecule has 3 aromatic carbocycles. The van der Waals surface area contributed by atoms with Crippen LogP contribution in [0.25, 0.3) is 11.1 Å². The quantitative estimate of drug-likeness (QED) is 0.320. The van der Waals surface area contributed by atoms with Gasteiger partial charge in [0.15, 0.2) is 11.5 Å². The average molecular weight is 491 g/mol. The van der Waals surface area contributed by atoms with Crippen LogP contribution in [0.1, 0.15) is 49.3 Å². The van der Waals surface area contributed by atoms with Crippen molar-refractivity contribution in [2.45, 2.75) is 38.0 Å². The predicted molar refractivity (Wildman–Crippen MR) is 145 cm³/mol. The van der Waals surface area contributed by atoms with Crippen LogP contribution in [-0.2, 0) is 5.41 Å². The van der Waals surface area contributed by atoms with Crippen LogP contribution in [0.5, 0.6) is 11.5 Å². The summed E-state index contributed by atoms with van der Waals surface area (Å²) in [7, 11) is 3.26. The van der Waals surface area contributed by atoms with Gasteiger partial charge in [-0.15, -0.1) is 12.4 Å². The summed E-state index contributed by atoms with van der Waals surface area (Å²) in [6.45, 7) is 6.01. The molecule has 0 radical (unpaired) electrons. The van der Waals surface area contributed by atoms with E-state index in [9.17, 15) is 5.26 Å². The molecule has 0 aliphatic heterocycles. The number of hydrogen-bond donors (Lipinski definition) is 1. The lowest BCUT2D eigenvalue weighted by Crippen LogP contribution is -2.32. The average Bonchev–Trinajstić information content (AvgIpc) is 3.19. The van der Waals surface area contributed by atoms with Crippen molar-refractivity contribution in [1.29, 1.82) is 5.26 Å². The van der Waals surface area contributed by atoms with E-state index in [1.165, 1.54) is 22.3 Å². The molecule has 4 rings (SSSR count). The molecule has 0 spiro atoms. The molecule has 0 amide bonds. The van der Waals surface area contributed by atoms with Crippen LogP contribution >= 0.6 is 12.4 Å². The van der Waals surface area contributed by atoms with E-state index in [2.05, 4.69) is 73.8 Å². The molecule has 0 bridgehead atoms. The van der Waals surface area contributed by atoms with E-state index in [0.717, 1.165) is 31.5 Å². The summed E-state index contributed by atoms with van der Waals surface area (Å²) >= 11 is 0. The third-order valence-corrected chi connectivity index (χ3v) is 7.32. The highest BCUT2D eigenvalue weighted by Crippen LogP contribution is 2.44. The van der Waals surface area contributed by atoms with Crippen LogP contribution in [0.2, 0.25) is 0 Å². The maximum Gasteiger partial charge on any atom is 0.161 e. The van der Waals surface area contributed by atoms with Gasteiger partial charge in [-0.3, -0.25) is 0 Å². The second-order valence-corrected chi connectivity index (χ2v) is 9.34. The Morgan fingerprint density at radius 2 is 1.51 bits per heavy atom. The molecule has 35 heavy (non-hydrogen) atoms. The maximum absolute atomic E-state index is 10.3. The van der Waals surface area contributed by atoms with Crippen LogP contribution in [0.3, 0.4) is 0 Å². The molecule has 0 fully saturated rings. The number of benzene rings is 3. The Kier molecular flexibility index (Phi) is 8.83. The van der Waals surface area contributed by atoms with Crippen molar-refractivity contribution in [3.05, 3.63) is 83.4 Å². The molecule has 1 unspecified atom stereocenters. The predicted octanol–water partition coefficient (Wildman–Crippen LogP) is 6.73. The van der Waals surface area contributed by atoms with Crippen LogP contribution < -0.4 is 14.8 Å². The van der Waals surface area contributed by atoms with Crippen molar-refractivity contribution in [2.24, 2.45) is 5.92 Å². The third kappa shape index (κ3) is 5.03. The largest absolute Gasteiger partial charge is 0.493 e. The summed E-state index contributed by atoms with van der Waals surface area (Å²) in [4.78, 5) is 0. The summed E-state index contributed by atoms with van der Waals surface area (Å²) in [5.74, 6) is 1.88. The molecule has 4 nitrogen and oxygen atoms in total. The molecule has 1 atom stereocenters. The van der Waals surface area contributed by atoms with Gasteiger partial charge in [-0.1, -0.05) is 68.4 Å². The minimum absolute atomic E-state index is 0. The molecular formula is C30H35ClN2O2. The summed E-state index contributed by atoms with van der Waals surface area (Å²) in [5, 5.41) is 14.0. The standard InChI is InChI=1S/C30H34N2O2.ClH/c1-21(2)30(20-31,22-14-15-28(33-3)29(18-22)34-4)16-9-17-32-19-27-25-12-7-5-10-23(25)24-11-6-8-13-26(24)27;/h5-8,10-15,18,21,27,32H,9,16-17,19H2,1-4H3;1H. The lowest BCUT2D eigenvalue weighted by Gasteiger charge is -2.32. The molecule has 1 aliphatic carbocycles. The van der Waals surface area contributed by atoms with Gasteiger partial charge in [0, 0.05) is 12.5 Å². The first-order chi connectivity index (χ1) is 16.6. The summed E-state index contributed by atoms with van der Waals surface area (Å²) in [6, 6.07) is 26.0. The minimum Gasteiger partial charge on any atom is -0.493 e. The van der Waals surface area contributed by atoms with Crippen LogP contribution in [0.15, 0.2) is 66.7 Å². The molecule has 184 valence electrons. The van der Waals surface area contributed by atoms with Gasteiger partial charge in [0.2, 0.25) is 0 Å². The number of hydrogen-bond acceptors (Lipinski definition) is 4. The van der Waals surface area contributed by atoms with Crippen molar-refractivity contribution >= 4 is 12.4 Å². The zero-order chi connectivity index (χ0) is 24.1. The molecule has 0 aromatic heterocycles. The number of halogens is 1. The Morgan fingerprint density at radius 1 is 0.914 bits per heavy atom. The van der Waals surface area contributed by atoms with E-state index in [1.54, 1.807) is 14.2 Å². The second-order valence-electron chi connectivity index (χ2n) is 9.34. The van der Waals surface area contributed by atoms with Gasteiger partial charge in [0.05, 0.1) is 25.7 Å². The first-order valence-corrected chi connectivity index (χ1v) is 12.1. The van der Waals surface area contributed by atoms with Gasteiger partial charge in [-0.05, 0) is 65.3 Å². The number of methoxy groups -OCH3 is 2. The van der Waals surface area contributed by atoms with Crippen molar-refractivity contribution in [3.63, 3.8) is 0 Å². The molecule has 3 aromatic rings. The molecule has 1 aliphatic rings. The smallest absolute Gasteiger partial charge is 0.161 e. The van der Waals surface area contributed by atoms with Crippen molar-refractivity contribution in [2.75, 3.05) is 27.3 Å². The molecule has 0 heterocycles. The van der Waals surface area contributed by atoms with E-state index >= 15 is 0 Å². The van der Waals surface area contributed by atoms with Gasteiger partial charge in [0.1, 0.15) is 0 Å². The van der Waals surface area contributed by atoms with Crippen LogP contribution in [-0.4, -0.2) is 27.3 Å². The number of nitrogens with zero attached hydrogens (tertiary/aromatic N) is 1. The van der Waals surface area contributed by atoms with E-state index in [-0.39, 0.29) is 18.3 Å². The lowest BCUT2D eigenvalue weighted by atomic mass is 9.69. The zero-order valence-corrected chi connectivity index (χ0v) is 21.8. The first kappa shape index (κ1) is 26.6. The Labute approximate surface area is 215 Å². The highest BCUT2D eigenvalue weighted by atomic mass is 35.5. The van der Waals surface area contributed by atoms with Crippen molar-refractivity contribution in [3.8, 4) is 28.7 Å². The van der Waals surface area contributed by atoms with Gasteiger partial charge >= 0.3 is 0 Å². The van der Waals surface area contributed by atoms with Gasteiger partial charge in [-0.2, -0.15) is 5.26 Å². The summed E-state index contributed by atoms with van der Waals surface area (Å²) in [5.41, 5.74) is 5.91. The van der Waals surface area contributed by atoms with E-state index < -0.39 is 5.41 Å². The maximum atomic E-state index is 10.3. The number of rotatable bonds is 10. The molecule has 1 N–H and O–H groups in total. The van der Waals surface area contributed by atoms with Crippen molar-refractivity contribution in [1.82, 2.24) is 5.32 Å². The topological polar surface area (TPSA) is 54.3 Å². The SMILES string of the molecule is COc1ccc(C(C#N)(CCCNCC2c3ccccc3-c3ccccc32)C(C)C)cc1OC.Cl. The number of nitriles is 1. The number of ether oxygens (including phenoxy) is 2. The molecular weight excluding hydrogens is 456 g/mol. The fourth-order valence-corrected chi connectivity index (χ4v) is 5.35. The Bertz CT molecular complexity index is 1140. The summed E-state index contributed by atoms with van der Waals surface area (Å²) in [6.07, 6.45) is 1.69. The second kappa shape index (κ2) is 11.6. The highest BCUT2D eigenvalue weighted by Gasteiger charge is 2.36. The lowest BCUT2D eigenvalue weighted by molar-refractivity contribution is 0.341. The van der Waals surface area contributed by atoms with Crippen LogP contribution in [0, 0.1) is 17.2 Å². The number of nitrogens with one attached hydrogen (secondary N) is 1. The van der Waals surface area contributed by atoms with Gasteiger partial charge in [0.25, 0.3) is 0 Å². The highest BCUT2D eigenvalue weighted by molar-refractivity contribution is 5.85. The Balaban J connectivity index is 0.00000342. The van der Waals surface area contributed by atoms with E-state index in [4.69, 9.17) is 9.47 Å². The molecule has 0 saturated heterocycles. The zero-order valence-electron chi connectivity index (χ0n) is 21.0. The van der Waals surface area contributed by atoms with Gasteiger partial charge in [-0.25, -0.2) is 0 Å². The minimum atomic E-state index is -0.576. The first-order valence-electron chi connectivity index (χ1n) is 12.1. The van der Waals surface area contributed by atoms with Crippen molar-refractivity contribution < 1.29 is 9.47 Å². The fourth-order valence-electron chi connectivity index (χ4n) is 5.35. The monoisotopic (exact) mass is 490 g/mol. The van der Waals surface area contributed by atoms with E-state index in [0.29, 0.717) is 17.4 Å². The Hall–Kier alpha value is -3.00. The summed E-state index contributed by atoms with van der Waals surface area (Å²) < 4.78 is 10.9. The van der Waals surface area contributed by atoms with Crippen LogP contribution in [0.4, 0.5) is 0 Å². The van der Waals surface area contributed by atoms with E-state index in [1.807, 2.05) is 18.2 Å². The third-order valence-electron chi connectivity index (χ3n) is 7.32. The Morgan fingerprint density at radius 3 is 2.06 bits per heavy atom. The normalized spacial score (nSPS) is 13.8. The number of fused-ring (bicyclic) bond motifs is 3. The molecule has 5 heteroatoms. The fraction of sp³-hybridized carbons (Fsp3) is 0.367. The van der Waals surface area contributed by atoms with Gasteiger partial charge < -0.3 is 14.8 Å². The molecule has 0 saturated carbocycles.